The van der Waals surface area contributed by atoms with Crippen LogP contribution in [0.15, 0.2) is 16.3 Å². The summed E-state index contributed by atoms with van der Waals surface area (Å²) in [6, 6.07) is 2.96. The second-order valence-electron chi connectivity index (χ2n) is 4.68. The zero-order valence-corrected chi connectivity index (χ0v) is 13.4. The molecule has 1 aliphatic heterocycles. The number of carbonyl (C=O) groups is 1. The molecule has 1 aromatic heterocycles. The van der Waals surface area contributed by atoms with E-state index in [0.717, 1.165) is 37.0 Å². The molecule has 0 bridgehead atoms. The normalized spacial score (nSPS) is 16.9. The summed E-state index contributed by atoms with van der Waals surface area (Å²) < 4.78 is 26.8. The Balaban J connectivity index is 1.92. The van der Waals surface area contributed by atoms with Crippen LogP contribution < -0.4 is 4.72 Å². The monoisotopic (exact) mass is 336 g/mol. The fourth-order valence-corrected chi connectivity index (χ4v) is 4.60. The van der Waals surface area contributed by atoms with Crippen LogP contribution in [0.1, 0.15) is 25.7 Å². The van der Waals surface area contributed by atoms with Gasteiger partial charge in [0.2, 0.25) is 5.91 Å². The van der Waals surface area contributed by atoms with Crippen LogP contribution >= 0.6 is 22.9 Å². The van der Waals surface area contributed by atoms with Crippen molar-refractivity contribution in [3.63, 3.8) is 0 Å². The lowest BCUT2D eigenvalue weighted by molar-refractivity contribution is -0.129. The van der Waals surface area contributed by atoms with Gasteiger partial charge in [0.15, 0.2) is 0 Å². The SMILES string of the molecule is O=C(CNS(=O)(=O)c1ccc(Cl)s1)N1CCCCCC1. The molecule has 1 fully saturated rings. The molecular weight excluding hydrogens is 320 g/mol. The minimum Gasteiger partial charge on any atom is -0.342 e. The second-order valence-corrected chi connectivity index (χ2v) is 8.39. The zero-order valence-electron chi connectivity index (χ0n) is 11.0. The highest BCUT2D eigenvalue weighted by atomic mass is 35.5. The van der Waals surface area contributed by atoms with Crippen LogP contribution in [0.25, 0.3) is 0 Å². The number of sulfonamides is 1. The van der Waals surface area contributed by atoms with E-state index < -0.39 is 10.0 Å². The molecule has 1 aliphatic rings. The van der Waals surface area contributed by atoms with E-state index in [1.165, 1.54) is 12.1 Å². The maximum absolute atomic E-state index is 12.0. The van der Waals surface area contributed by atoms with Gasteiger partial charge in [0.25, 0.3) is 10.0 Å². The van der Waals surface area contributed by atoms with E-state index in [9.17, 15) is 13.2 Å². The van der Waals surface area contributed by atoms with Crippen LogP contribution in [0.5, 0.6) is 0 Å². The first-order valence-electron chi connectivity index (χ1n) is 6.52. The van der Waals surface area contributed by atoms with Gasteiger partial charge in [0.05, 0.1) is 10.9 Å². The Morgan fingerprint density at radius 2 is 1.90 bits per heavy atom. The van der Waals surface area contributed by atoms with Gasteiger partial charge in [-0.1, -0.05) is 24.4 Å². The maximum atomic E-state index is 12.0. The third kappa shape index (κ3) is 4.18. The first kappa shape index (κ1) is 15.8. The van der Waals surface area contributed by atoms with Crippen LogP contribution in [0.3, 0.4) is 0 Å². The fraction of sp³-hybridized carbons (Fsp3) is 0.583. The Hall–Kier alpha value is -0.630. The summed E-state index contributed by atoms with van der Waals surface area (Å²) >= 11 is 6.70. The van der Waals surface area contributed by atoms with Crippen LogP contribution in [-0.2, 0) is 14.8 Å². The van der Waals surface area contributed by atoms with Gasteiger partial charge < -0.3 is 4.90 Å². The minimum atomic E-state index is -3.65. The molecule has 0 atom stereocenters. The Kier molecular flexibility index (Phi) is 5.42. The molecule has 0 unspecified atom stereocenters. The quantitative estimate of drug-likeness (QED) is 0.915. The topological polar surface area (TPSA) is 66.5 Å². The van der Waals surface area contributed by atoms with Crippen molar-refractivity contribution in [1.29, 1.82) is 0 Å². The van der Waals surface area contributed by atoms with Gasteiger partial charge in [0, 0.05) is 13.1 Å². The Morgan fingerprint density at radius 1 is 1.25 bits per heavy atom. The molecule has 112 valence electrons. The fourth-order valence-electron chi connectivity index (χ4n) is 2.10. The third-order valence-corrected chi connectivity index (χ3v) is 6.31. The summed E-state index contributed by atoms with van der Waals surface area (Å²) in [5, 5.41) is 0. The molecule has 2 heterocycles. The number of thiophene rings is 1. The number of hydrogen-bond acceptors (Lipinski definition) is 4. The number of carbonyl (C=O) groups excluding carboxylic acids is 1. The number of likely N-dealkylation sites (tertiary alicyclic amines) is 1. The van der Waals surface area contributed by atoms with Crippen molar-refractivity contribution in [1.82, 2.24) is 9.62 Å². The van der Waals surface area contributed by atoms with E-state index >= 15 is 0 Å². The molecule has 0 radical (unpaired) electrons. The molecule has 0 saturated carbocycles. The summed E-state index contributed by atoms with van der Waals surface area (Å²) in [5.41, 5.74) is 0. The molecule has 0 spiro atoms. The number of rotatable bonds is 4. The van der Waals surface area contributed by atoms with Crippen molar-refractivity contribution in [2.24, 2.45) is 0 Å². The van der Waals surface area contributed by atoms with Gasteiger partial charge in [-0.2, -0.15) is 0 Å². The van der Waals surface area contributed by atoms with E-state index in [1.807, 2.05) is 0 Å². The van der Waals surface area contributed by atoms with Gasteiger partial charge in [-0.25, -0.2) is 13.1 Å². The van der Waals surface area contributed by atoms with E-state index in [2.05, 4.69) is 4.72 Å². The molecule has 2 rings (SSSR count). The van der Waals surface area contributed by atoms with Gasteiger partial charge in [-0.15, -0.1) is 11.3 Å². The molecule has 0 aromatic carbocycles. The number of halogens is 1. The first-order chi connectivity index (χ1) is 9.49. The smallest absolute Gasteiger partial charge is 0.250 e. The van der Waals surface area contributed by atoms with Crippen molar-refractivity contribution in [3.05, 3.63) is 16.5 Å². The Morgan fingerprint density at radius 3 is 2.45 bits per heavy atom. The summed E-state index contributed by atoms with van der Waals surface area (Å²) in [7, 11) is -3.65. The van der Waals surface area contributed by atoms with Crippen LogP contribution in [0.2, 0.25) is 4.34 Å². The number of nitrogens with one attached hydrogen (secondary N) is 1. The number of nitrogens with zero attached hydrogens (tertiary/aromatic N) is 1. The molecule has 1 amide bonds. The standard InChI is InChI=1S/C12H17ClN2O3S2/c13-10-5-6-12(19-10)20(17,18)14-9-11(16)15-7-3-1-2-4-8-15/h5-6,14H,1-4,7-9H2. The molecule has 20 heavy (non-hydrogen) atoms. The van der Waals surface area contributed by atoms with E-state index in [1.54, 1.807) is 4.90 Å². The second kappa shape index (κ2) is 6.89. The van der Waals surface area contributed by atoms with Crippen molar-refractivity contribution in [2.45, 2.75) is 29.9 Å². The van der Waals surface area contributed by atoms with E-state index in [-0.39, 0.29) is 16.7 Å². The lowest BCUT2D eigenvalue weighted by atomic mass is 10.2. The van der Waals surface area contributed by atoms with Crippen LogP contribution in [0.4, 0.5) is 0 Å². The molecule has 1 aromatic rings. The highest BCUT2D eigenvalue weighted by Gasteiger charge is 2.20. The predicted molar refractivity (Wildman–Crippen MR) is 79.6 cm³/mol. The molecule has 1 saturated heterocycles. The third-order valence-electron chi connectivity index (χ3n) is 3.19. The van der Waals surface area contributed by atoms with Gasteiger partial charge in [-0.3, -0.25) is 4.79 Å². The van der Waals surface area contributed by atoms with Gasteiger partial charge in [0.1, 0.15) is 4.21 Å². The summed E-state index contributed by atoms with van der Waals surface area (Å²) in [6.45, 7) is 1.23. The lowest BCUT2D eigenvalue weighted by Gasteiger charge is -2.20. The summed E-state index contributed by atoms with van der Waals surface area (Å²) in [4.78, 5) is 13.7. The van der Waals surface area contributed by atoms with Crippen molar-refractivity contribution >= 4 is 38.9 Å². The highest BCUT2D eigenvalue weighted by molar-refractivity contribution is 7.91. The average Bonchev–Trinajstić information content (AvgIpc) is 2.69. The van der Waals surface area contributed by atoms with Gasteiger partial charge >= 0.3 is 0 Å². The maximum Gasteiger partial charge on any atom is 0.250 e. The predicted octanol–water partition coefficient (Wildman–Crippen LogP) is 2.08. The molecule has 1 N–H and O–H groups in total. The van der Waals surface area contributed by atoms with E-state index in [4.69, 9.17) is 11.6 Å². The number of amides is 1. The van der Waals surface area contributed by atoms with Crippen molar-refractivity contribution in [3.8, 4) is 0 Å². The van der Waals surface area contributed by atoms with Crippen molar-refractivity contribution in [2.75, 3.05) is 19.6 Å². The van der Waals surface area contributed by atoms with Crippen molar-refractivity contribution < 1.29 is 13.2 Å². The summed E-state index contributed by atoms with van der Waals surface area (Å²) in [6.07, 6.45) is 4.23. The molecule has 5 nitrogen and oxygen atoms in total. The average molecular weight is 337 g/mol. The molecule has 8 heteroatoms. The summed E-state index contributed by atoms with van der Waals surface area (Å²) in [5.74, 6) is -0.168. The molecular formula is C12H17ClN2O3S2. The molecule has 0 aliphatic carbocycles. The number of hydrogen-bond donors (Lipinski definition) is 1. The van der Waals surface area contributed by atoms with E-state index in [0.29, 0.717) is 17.4 Å². The zero-order chi connectivity index (χ0) is 14.6. The highest BCUT2D eigenvalue weighted by Crippen LogP contribution is 2.25. The Labute approximate surface area is 128 Å². The first-order valence-corrected chi connectivity index (χ1v) is 9.19. The largest absolute Gasteiger partial charge is 0.342 e. The Bertz CT molecular complexity index is 563. The van der Waals surface area contributed by atoms with Crippen LogP contribution in [-0.4, -0.2) is 38.9 Å². The lowest BCUT2D eigenvalue weighted by Crippen LogP contribution is -2.40. The minimum absolute atomic E-state index is 0.131. The van der Waals surface area contributed by atoms with Crippen LogP contribution in [0, 0.1) is 0 Å². The van der Waals surface area contributed by atoms with Gasteiger partial charge in [-0.05, 0) is 25.0 Å².